The summed E-state index contributed by atoms with van der Waals surface area (Å²) in [4.78, 5) is 0. The monoisotopic (exact) mass is 287 g/mol. The van der Waals surface area contributed by atoms with Crippen molar-refractivity contribution in [2.24, 2.45) is 0 Å². The van der Waals surface area contributed by atoms with Gasteiger partial charge in [0.25, 0.3) is 0 Å². The second-order valence-electron chi connectivity index (χ2n) is 5.57. The Labute approximate surface area is 124 Å². The molecule has 2 N–H and O–H groups in total. The summed E-state index contributed by atoms with van der Waals surface area (Å²) in [5.41, 5.74) is 8.68. The van der Waals surface area contributed by atoms with Gasteiger partial charge in [0.1, 0.15) is 0 Å². The van der Waals surface area contributed by atoms with Gasteiger partial charge < -0.3 is 10.5 Å². The third kappa shape index (κ3) is 3.21. The number of nitrogen functional groups attached to an aromatic ring is 1. The van der Waals surface area contributed by atoms with Gasteiger partial charge in [-0.1, -0.05) is 0 Å². The Morgan fingerprint density at radius 1 is 1.38 bits per heavy atom. The summed E-state index contributed by atoms with van der Waals surface area (Å²) >= 11 is 0. The number of aryl methyl sites for hydroxylation is 2. The average Bonchev–Trinajstić information content (AvgIpc) is 2.97. The van der Waals surface area contributed by atoms with E-state index in [0.29, 0.717) is 6.10 Å². The molecule has 1 fully saturated rings. The van der Waals surface area contributed by atoms with Gasteiger partial charge >= 0.3 is 0 Å². The standard InChI is InChI=1S/C15H21N5O/c1-11-10-12(5-6-14(11)16)15-17-18-19-20(15)8-7-13-4-2-3-9-21-13/h5-6,10,13H,2-4,7-9,16H2,1H3. The molecule has 6 nitrogen and oxygen atoms in total. The molecule has 1 atom stereocenters. The minimum absolute atomic E-state index is 0.337. The van der Waals surface area contributed by atoms with Crippen LogP contribution >= 0.6 is 0 Å². The molecule has 0 bridgehead atoms. The number of nitrogens with zero attached hydrogens (tertiary/aromatic N) is 4. The fourth-order valence-corrected chi connectivity index (χ4v) is 2.68. The van der Waals surface area contributed by atoms with Gasteiger partial charge in [0, 0.05) is 24.4 Å². The Morgan fingerprint density at radius 2 is 2.29 bits per heavy atom. The number of benzene rings is 1. The van der Waals surface area contributed by atoms with Crippen LogP contribution in [0.4, 0.5) is 5.69 Å². The zero-order valence-corrected chi connectivity index (χ0v) is 12.3. The maximum Gasteiger partial charge on any atom is 0.182 e. The Balaban J connectivity index is 1.72. The van der Waals surface area contributed by atoms with Gasteiger partial charge in [0.2, 0.25) is 0 Å². The van der Waals surface area contributed by atoms with Crippen LogP contribution in [0.3, 0.4) is 0 Å². The summed E-state index contributed by atoms with van der Waals surface area (Å²) in [6.45, 7) is 3.64. The number of nitrogens with two attached hydrogens (primary N) is 1. The first-order valence-electron chi connectivity index (χ1n) is 7.48. The van der Waals surface area contributed by atoms with Crippen LogP contribution < -0.4 is 5.73 Å². The molecule has 0 amide bonds. The Kier molecular flexibility index (Phi) is 4.15. The van der Waals surface area contributed by atoms with Crippen LogP contribution in [0, 0.1) is 6.92 Å². The lowest BCUT2D eigenvalue weighted by molar-refractivity contribution is 0.00828. The molecular formula is C15H21N5O. The Morgan fingerprint density at radius 3 is 3.05 bits per heavy atom. The van der Waals surface area contributed by atoms with Crippen molar-refractivity contribution < 1.29 is 4.74 Å². The van der Waals surface area contributed by atoms with E-state index in [9.17, 15) is 0 Å². The molecule has 1 unspecified atom stereocenters. The van der Waals surface area contributed by atoms with Gasteiger partial charge in [0.15, 0.2) is 5.82 Å². The molecule has 2 heterocycles. The predicted octanol–water partition coefficient (Wildman–Crippen LogP) is 2.19. The van der Waals surface area contributed by atoms with Crippen LogP contribution in [-0.4, -0.2) is 32.9 Å². The summed E-state index contributed by atoms with van der Waals surface area (Å²) in [7, 11) is 0. The van der Waals surface area contributed by atoms with Crippen LogP contribution in [0.1, 0.15) is 31.2 Å². The molecule has 0 aliphatic carbocycles. The Bertz CT molecular complexity index is 604. The molecule has 2 aromatic rings. The molecule has 6 heteroatoms. The van der Waals surface area contributed by atoms with E-state index in [4.69, 9.17) is 10.5 Å². The lowest BCUT2D eigenvalue weighted by atomic mass is 10.1. The van der Waals surface area contributed by atoms with Crippen LogP contribution in [0.25, 0.3) is 11.4 Å². The second kappa shape index (κ2) is 6.22. The molecule has 1 aromatic heterocycles. The summed E-state index contributed by atoms with van der Waals surface area (Å²) in [5.74, 6) is 0.786. The molecule has 1 aliphatic rings. The van der Waals surface area contributed by atoms with Crippen LogP contribution in [-0.2, 0) is 11.3 Å². The molecule has 0 saturated carbocycles. The van der Waals surface area contributed by atoms with Crippen molar-refractivity contribution in [2.75, 3.05) is 12.3 Å². The highest BCUT2D eigenvalue weighted by molar-refractivity contribution is 5.61. The van der Waals surface area contributed by atoms with Crippen LogP contribution in [0.5, 0.6) is 0 Å². The predicted molar refractivity (Wildman–Crippen MR) is 80.6 cm³/mol. The molecule has 1 aromatic carbocycles. The minimum atomic E-state index is 0.337. The summed E-state index contributed by atoms with van der Waals surface area (Å²) in [6.07, 6.45) is 4.86. The average molecular weight is 287 g/mol. The van der Waals surface area contributed by atoms with Gasteiger partial charge in [-0.25, -0.2) is 4.68 Å². The van der Waals surface area contributed by atoms with Gasteiger partial charge in [-0.3, -0.25) is 0 Å². The highest BCUT2D eigenvalue weighted by Gasteiger charge is 2.16. The van der Waals surface area contributed by atoms with Crippen molar-refractivity contribution in [1.82, 2.24) is 20.2 Å². The van der Waals surface area contributed by atoms with Gasteiger partial charge in [-0.2, -0.15) is 0 Å². The van der Waals surface area contributed by atoms with Crippen LogP contribution in [0.15, 0.2) is 18.2 Å². The fourth-order valence-electron chi connectivity index (χ4n) is 2.68. The summed E-state index contributed by atoms with van der Waals surface area (Å²) in [6, 6.07) is 5.88. The number of hydrogen-bond donors (Lipinski definition) is 1. The van der Waals surface area contributed by atoms with E-state index in [1.54, 1.807) is 0 Å². The molecule has 1 saturated heterocycles. The number of tetrazole rings is 1. The normalized spacial score (nSPS) is 18.8. The molecule has 112 valence electrons. The summed E-state index contributed by atoms with van der Waals surface area (Å²) < 4.78 is 7.61. The van der Waals surface area contributed by atoms with Crippen molar-refractivity contribution in [1.29, 1.82) is 0 Å². The van der Waals surface area contributed by atoms with E-state index in [0.717, 1.165) is 48.6 Å². The zero-order valence-electron chi connectivity index (χ0n) is 12.3. The lowest BCUT2D eigenvalue weighted by Gasteiger charge is -2.22. The lowest BCUT2D eigenvalue weighted by Crippen LogP contribution is -2.21. The highest BCUT2D eigenvalue weighted by atomic mass is 16.5. The zero-order chi connectivity index (χ0) is 14.7. The Hall–Kier alpha value is -1.95. The van der Waals surface area contributed by atoms with E-state index in [-0.39, 0.29) is 0 Å². The molecule has 3 rings (SSSR count). The van der Waals surface area contributed by atoms with E-state index < -0.39 is 0 Å². The van der Waals surface area contributed by atoms with Crippen molar-refractivity contribution in [3.63, 3.8) is 0 Å². The van der Waals surface area contributed by atoms with Crippen molar-refractivity contribution >= 4 is 5.69 Å². The third-order valence-corrected chi connectivity index (χ3v) is 4.00. The maximum atomic E-state index is 5.86. The van der Waals surface area contributed by atoms with Crippen LogP contribution in [0.2, 0.25) is 0 Å². The molecule has 0 spiro atoms. The maximum absolute atomic E-state index is 5.86. The van der Waals surface area contributed by atoms with Gasteiger partial charge in [0.05, 0.1) is 6.10 Å². The fraction of sp³-hybridized carbons (Fsp3) is 0.533. The number of rotatable bonds is 4. The quantitative estimate of drug-likeness (QED) is 0.872. The topological polar surface area (TPSA) is 78.8 Å². The van der Waals surface area contributed by atoms with Crippen molar-refractivity contribution in [3.8, 4) is 11.4 Å². The number of ether oxygens (including phenoxy) is 1. The van der Waals surface area contributed by atoms with E-state index >= 15 is 0 Å². The molecule has 0 radical (unpaired) electrons. The number of anilines is 1. The van der Waals surface area contributed by atoms with Gasteiger partial charge in [-0.15, -0.1) is 5.10 Å². The molecule has 21 heavy (non-hydrogen) atoms. The number of aromatic nitrogens is 4. The van der Waals surface area contributed by atoms with E-state index in [2.05, 4.69) is 15.5 Å². The SMILES string of the molecule is Cc1cc(-c2nnnn2CCC2CCCCO2)ccc1N. The summed E-state index contributed by atoms with van der Waals surface area (Å²) in [5, 5.41) is 12.0. The van der Waals surface area contributed by atoms with Crippen molar-refractivity contribution in [3.05, 3.63) is 23.8 Å². The number of hydrogen-bond acceptors (Lipinski definition) is 5. The first-order chi connectivity index (χ1) is 10.2. The minimum Gasteiger partial charge on any atom is -0.399 e. The smallest absolute Gasteiger partial charge is 0.182 e. The van der Waals surface area contributed by atoms with Crippen molar-refractivity contribution in [2.45, 2.75) is 45.3 Å². The first-order valence-corrected chi connectivity index (χ1v) is 7.48. The molecule has 1 aliphatic heterocycles. The highest BCUT2D eigenvalue weighted by Crippen LogP contribution is 2.22. The second-order valence-corrected chi connectivity index (χ2v) is 5.57. The largest absolute Gasteiger partial charge is 0.399 e. The third-order valence-electron chi connectivity index (χ3n) is 4.00. The van der Waals surface area contributed by atoms with E-state index in [1.165, 1.54) is 12.8 Å². The van der Waals surface area contributed by atoms with Gasteiger partial charge in [-0.05, 0) is 66.8 Å². The van der Waals surface area contributed by atoms with E-state index in [1.807, 2.05) is 29.8 Å². The first kappa shape index (κ1) is 14.0. The molecular weight excluding hydrogens is 266 g/mol.